The van der Waals surface area contributed by atoms with E-state index in [9.17, 15) is 4.79 Å². The summed E-state index contributed by atoms with van der Waals surface area (Å²) in [5.41, 5.74) is 0.537. The zero-order valence-electron chi connectivity index (χ0n) is 9.29. The first kappa shape index (κ1) is 11.8. The molecule has 6 heteroatoms. The predicted molar refractivity (Wildman–Crippen MR) is 63.5 cm³/mol. The molecule has 2 heterocycles. The van der Waals surface area contributed by atoms with Crippen LogP contribution in [-0.2, 0) is 4.74 Å². The molecule has 0 aliphatic carbocycles. The predicted octanol–water partition coefficient (Wildman–Crippen LogP) is 0.844. The summed E-state index contributed by atoms with van der Waals surface area (Å²) in [4.78, 5) is 20.8. The molecule has 0 spiro atoms. The summed E-state index contributed by atoms with van der Waals surface area (Å²) in [7, 11) is 2.03. The second kappa shape index (κ2) is 4.65. The molecule has 1 aliphatic rings. The van der Waals surface area contributed by atoms with Crippen LogP contribution in [0.5, 0.6) is 0 Å². The lowest BCUT2D eigenvalue weighted by Crippen LogP contribution is -2.36. The Bertz CT molecular complexity index is 446. The molecule has 0 radical (unpaired) electrons. The highest BCUT2D eigenvalue weighted by molar-refractivity contribution is 9.10. The van der Waals surface area contributed by atoms with Gasteiger partial charge in [-0.05, 0) is 29.9 Å². The van der Waals surface area contributed by atoms with Crippen molar-refractivity contribution < 1.29 is 4.74 Å². The third-order valence-electron chi connectivity index (χ3n) is 2.62. The highest BCUT2D eigenvalue weighted by Crippen LogP contribution is 2.18. The van der Waals surface area contributed by atoms with Gasteiger partial charge in [-0.1, -0.05) is 0 Å². The first-order valence-electron chi connectivity index (χ1n) is 5.14. The number of aryl methyl sites for hydroxylation is 1. The number of ether oxygens (including phenoxy) is 1. The number of aromatic amines is 1. The van der Waals surface area contributed by atoms with Gasteiger partial charge >= 0.3 is 0 Å². The van der Waals surface area contributed by atoms with E-state index in [0.717, 1.165) is 13.1 Å². The summed E-state index contributed by atoms with van der Waals surface area (Å²) in [6.45, 7) is 4.13. The number of likely N-dealkylation sites (N-methyl/N-ethyl adjacent to an activating group) is 1. The molecule has 0 amide bonds. The SMILES string of the molecule is Cc1nc(C2CN(C)CCO2)[nH]c(=O)c1Br. The molecule has 1 aromatic rings. The van der Waals surface area contributed by atoms with E-state index in [1.165, 1.54) is 0 Å². The van der Waals surface area contributed by atoms with E-state index in [4.69, 9.17) is 4.74 Å². The van der Waals surface area contributed by atoms with Crippen molar-refractivity contribution in [3.05, 3.63) is 26.3 Å². The number of morpholine rings is 1. The summed E-state index contributed by atoms with van der Waals surface area (Å²) in [6, 6.07) is 0. The number of nitrogens with zero attached hydrogens (tertiary/aromatic N) is 2. The zero-order valence-corrected chi connectivity index (χ0v) is 10.9. The maximum atomic E-state index is 11.6. The summed E-state index contributed by atoms with van der Waals surface area (Å²) in [5, 5.41) is 0. The van der Waals surface area contributed by atoms with E-state index in [1.54, 1.807) is 6.92 Å². The van der Waals surface area contributed by atoms with Crippen LogP contribution in [-0.4, -0.2) is 41.6 Å². The van der Waals surface area contributed by atoms with Gasteiger partial charge in [0, 0.05) is 13.1 Å². The fraction of sp³-hybridized carbons (Fsp3) is 0.600. The number of rotatable bonds is 1. The van der Waals surface area contributed by atoms with Crippen LogP contribution < -0.4 is 5.56 Å². The molecular weight excluding hydrogens is 274 g/mol. The fourth-order valence-electron chi connectivity index (χ4n) is 1.69. The van der Waals surface area contributed by atoms with E-state index in [2.05, 4.69) is 30.8 Å². The van der Waals surface area contributed by atoms with Crippen LogP contribution in [0.2, 0.25) is 0 Å². The van der Waals surface area contributed by atoms with Crippen molar-refractivity contribution in [2.45, 2.75) is 13.0 Å². The Morgan fingerprint density at radius 1 is 1.62 bits per heavy atom. The van der Waals surface area contributed by atoms with Crippen LogP contribution >= 0.6 is 15.9 Å². The van der Waals surface area contributed by atoms with Gasteiger partial charge in [0.15, 0.2) is 0 Å². The Morgan fingerprint density at radius 3 is 3.00 bits per heavy atom. The highest BCUT2D eigenvalue weighted by atomic mass is 79.9. The first-order chi connectivity index (χ1) is 7.58. The quantitative estimate of drug-likeness (QED) is 0.832. The molecule has 1 aliphatic heterocycles. The fourth-order valence-corrected chi connectivity index (χ4v) is 1.88. The van der Waals surface area contributed by atoms with Crippen molar-refractivity contribution in [1.82, 2.24) is 14.9 Å². The number of hydrogen-bond donors (Lipinski definition) is 1. The van der Waals surface area contributed by atoms with Gasteiger partial charge in [-0.3, -0.25) is 4.79 Å². The molecule has 1 N–H and O–H groups in total. The maximum absolute atomic E-state index is 11.6. The van der Waals surface area contributed by atoms with Crippen molar-refractivity contribution in [2.24, 2.45) is 0 Å². The molecular formula is C10H14BrN3O2. The first-order valence-corrected chi connectivity index (χ1v) is 5.93. The zero-order chi connectivity index (χ0) is 11.7. The number of H-pyrrole nitrogens is 1. The molecule has 1 unspecified atom stereocenters. The molecule has 1 saturated heterocycles. The monoisotopic (exact) mass is 287 g/mol. The van der Waals surface area contributed by atoms with E-state index in [0.29, 0.717) is 22.6 Å². The van der Waals surface area contributed by atoms with Crippen LogP contribution in [0, 0.1) is 6.92 Å². The third kappa shape index (κ3) is 2.34. The van der Waals surface area contributed by atoms with Crippen LogP contribution in [0.4, 0.5) is 0 Å². The van der Waals surface area contributed by atoms with Crippen molar-refractivity contribution in [1.29, 1.82) is 0 Å². The van der Waals surface area contributed by atoms with Crippen LogP contribution in [0.15, 0.2) is 9.27 Å². The van der Waals surface area contributed by atoms with E-state index in [-0.39, 0.29) is 11.7 Å². The topological polar surface area (TPSA) is 58.2 Å². The van der Waals surface area contributed by atoms with Gasteiger partial charge in [0.05, 0.1) is 12.3 Å². The number of aromatic nitrogens is 2. The van der Waals surface area contributed by atoms with Crippen molar-refractivity contribution in [2.75, 3.05) is 26.7 Å². The Morgan fingerprint density at radius 2 is 2.38 bits per heavy atom. The van der Waals surface area contributed by atoms with Crippen LogP contribution in [0.3, 0.4) is 0 Å². The molecule has 1 aromatic heterocycles. The largest absolute Gasteiger partial charge is 0.368 e. The van der Waals surface area contributed by atoms with Crippen molar-refractivity contribution in [3.63, 3.8) is 0 Å². The summed E-state index contributed by atoms with van der Waals surface area (Å²) in [5.74, 6) is 0.609. The average Bonchev–Trinajstić information content (AvgIpc) is 2.25. The smallest absolute Gasteiger partial charge is 0.265 e. The second-order valence-corrected chi connectivity index (χ2v) is 4.77. The van der Waals surface area contributed by atoms with Gasteiger partial charge in [-0.2, -0.15) is 0 Å². The Balaban J connectivity index is 2.30. The molecule has 0 saturated carbocycles. The normalized spacial score (nSPS) is 22.3. The molecule has 1 atom stereocenters. The molecule has 5 nitrogen and oxygen atoms in total. The van der Waals surface area contributed by atoms with Crippen LogP contribution in [0.25, 0.3) is 0 Å². The standard InChI is InChI=1S/C10H14BrN3O2/c1-6-8(11)10(15)13-9(12-6)7-5-14(2)3-4-16-7/h7H,3-5H2,1-2H3,(H,12,13,15). The Labute approximate surface area is 102 Å². The molecule has 16 heavy (non-hydrogen) atoms. The summed E-state index contributed by atoms with van der Waals surface area (Å²) < 4.78 is 6.08. The van der Waals surface area contributed by atoms with Gasteiger partial charge in [0.2, 0.25) is 0 Å². The highest BCUT2D eigenvalue weighted by Gasteiger charge is 2.22. The van der Waals surface area contributed by atoms with Gasteiger partial charge in [0.1, 0.15) is 16.4 Å². The molecule has 0 aromatic carbocycles. The van der Waals surface area contributed by atoms with E-state index >= 15 is 0 Å². The van der Waals surface area contributed by atoms with Gasteiger partial charge in [0.25, 0.3) is 5.56 Å². The number of halogens is 1. The lowest BCUT2D eigenvalue weighted by molar-refractivity contribution is -0.0257. The number of nitrogens with one attached hydrogen (secondary N) is 1. The minimum Gasteiger partial charge on any atom is -0.368 e. The van der Waals surface area contributed by atoms with Gasteiger partial charge < -0.3 is 14.6 Å². The number of hydrogen-bond acceptors (Lipinski definition) is 4. The van der Waals surface area contributed by atoms with Crippen LogP contribution in [0.1, 0.15) is 17.6 Å². The summed E-state index contributed by atoms with van der Waals surface area (Å²) in [6.07, 6.45) is -0.141. The molecule has 1 fully saturated rings. The maximum Gasteiger partial charge on any atom is 0.265 e. The minimum atomic E-state index is -0.153. The molecule has 0 bridgehead atoms. The summed E-state index contributed by atoms with van der Waals surface area (Å²) >= 11 is 3.19. The van der Waals surface area contributed by atoms with Crippen molar-refractivity contribution in [3.8, 4) is 0 Å². The van der Waals surface area contributed by atoms with Gasteiger partial charge in [-0.25, -0.2) is 4.98 Å². The van der Waals surface area contributed by atoms with Gasteiger partial charge in [-0.15, -0.1) is 0 Å². The van der Waals surface area contributed by atoms with Crippen molar-refractivity contribution >= 4 is 15.9 Å². The minimum absolute atomic E-state index is 0.141. The second-order valence-electron chi connectivity index (χ2n) is 3.97. The lowest BCUT2D eigenvalue weighted by Gasteiger charge is -2.29. The Kier molecular flexibility index (Phi) is 3.41. The van der Waals surface area contributed by atoms with E-state index in [1.807, 2.05) is 7.05 Å². The molecule has 2 rings (SSSR count). The lowest BCUT2D eigenvalue weighted by atomic mass is 10.2. The third-order valence-corrected chi connectivity index (χ3v) is 3.56. The molecule has 88 valence electrons. The van der Waals surface area contributed by atoms with E-state index < -0.39 is 0 Å². The average molecular weight is 288 g/mol. The Hall–Kier alpha value is -0.720.